The van der Waals surface area contributed by atoms with Crippen LogP contribution in [0.1, 0.15) is 45.9 Å². The van der Waals surface area contributed by atoms with Crippen LogP contribution in [-0.2, 0) is 6.54 Å². The van der Waals surface area contributed by atoms with Gasteiger partial charge in [0.2, 0.25) is 6.79 Å². The number of amides is 1. The zero-order valence-electron chi connectivity index (χ0n) is 17.3. The maximum Gasteiger partial charge on any atom is 0.263 e. The highest BCUT2D eigenvalue weighted by molar-refractivity contribution is 5.95. The van der Waals surface area contributed by atoms with Crippen molar-refractivity contribution in [2.45, 2.75) is 32.2 Å². The first-order valence-corrected chi connectivity index (χ1v) is 10.5. The second-order valence-electron chi connectivity index (χ2n) is 8.07. The van der Waals surface area contributed by atoms with Crippen LogP contribution in [0.3, 0.4) is 0 Å². The van der Waals surface area contributed by atoms with Gasteiger partial charge in [-0.05, 0) is 55.2 Å². The highest BCUT2D eigenvalue weighted by atomic mass is 16.7. The van der Waals surface area contributed by atoms with Gasteiger partial charge in [-0.25, -0.2) is 0 Å². The lowest BCUT2D eigenvalue weighted by Gasteiger charge is -2.31. The molecule has 0 saturated carbocycles. The Balaban J connectivity index is 1.35. The number of piperidine rings is 1. The summed E-state index contributed by atoms with van der Waals surface area (Å²) in [5, 5.41) is 7.04. The van der Waals surface area contributed by atoms with Crippen LogP contribution >= 0.6 is 0 Å². The molecule has 1 aromatic carbocycles. The molecule has 2 aromatic heterocycles. The molecule has 1 amide bonds. The Hall–Kier alpha value is -3.55. The lowest BCUT2D eigenvalue weighted by molar-refractivity contribution is 0.0709. The molecule has 0 atom stereocenters. The largest absolute Gasteiger partial charge is 0.454 e. The van der Waals surface area contributed by atoms with E-state index in [1.54, 1.807) is 21.9 Å². The number of hydrogen-bond donors (Lipinski definition) is 1. The molecule has 0 radical (unpaired) electrons. The number of aryl methyl sites for hydroxylation is 1. The molecular formula is C23H24N4O4. The Labute approximate surface area is 179 Å². The first-order chi connectivity index (χ1) is 15.1. The van der Waals surface area contributed by atoms with Crippen molar-refractivity contribution in [3.8, 4) is 11.5 Å². The molecule has 0 aliphatic carbocycles. The quantitative estimate of drug-likeness (QED) is 0.701. The predicted molar refractivity (Wildman–Crippen MR) is 114 cm³/mol. The zero-order valence-corrected chi connectivity index (χ0v) is 17.3. The van der Waals surface area contributed by atoms with Gasteiger partial charge < -0.3 is 18.9 Å². The number of carbonyl (C=O) groups is 1. The van der Waals surface area contributed by atoms with E-state index in [1.807, 2.05) is 37.3 Å². The van der Waals surface area contributed by atoms with Gasteiger partial charge in [-0.1, -0.05) is 6.07 Å². The van der Waals surface area contributed by atoms with Crippen molar-refractivity contribution in [3.63, 3.8) is 0 Å². The van der Waals surface area contributed by atoms with E-state index in [0.29, 0.717) is 42.6 Å². The van der Waals surface area contributed by atoms with E-state index >= 15 is 0 Å². The van der Waals surface area contributed by atoms with Crippen molar-refractivity contribution < 1.29 is 14.3 Å². The molecule has 1 fully saturated rings. The fourth-order valence-corrected chi connectivity index (χ4v) is 4.33. The van der Waals surface area contributed by atoms with Crippen molar-refractivity contribution in [2.24, 2.45) is 0 Å². The third-order valence-corrected chi connectivity index (χ3v) is 6.12. The Kier molecular flexibility index (Phi) is 4.97. The van der Waals surface area contributed by atoms with Gasteiger partial charge in [-0.15, -0.1) is 0 Å². The molecule has 1 saturated heterocycles. The standard InChI is InChI=1S/C23H24N4O4/c1-15-5-9-27(13-16-2-3-19-20(12-16)31-14-30-19)23(29)21(15)22(28)26-10-6-17(7-11-26)18-4-8-24-25-18/h2-5,8-9,12,17H,6-7,10-11,13-14H2,1H3,(H,24,25). The summed E-state index contributed by atoms with van der Waals surface area (Å²) >= 11 is 0. The first kappa shape index (κ1) is 19.4. The van der Waals surface area contributed by atoms with Gasteiger partial charge in [0.25, 0.3) is 11.5 Å². The molecule has 160 valence electrons. The Morgan fingerprint density at radius 2 is 1.97 bits per heavy atom. The van der Waals surface area contributed by atoms with Gasteiger partial charge in [-0.2, -0.15) is 5.10 Å². The molecule has 0 spiro atoms. The number of rotatable bonds is 4. The van der Waals surface area contributed by atoms with Crippen molar-refractivity contribution >= 4 is 5.91 Å². The molecule has 2 aliphatic heterocycles. The molecular weight excluding hydrogens is 396 g/mol. The van der Waals surface area contributed by atoms with Gasteiger partial charge in [-0.3, -0.25) is 14.7 Å². The fraction of sp³-hybridized carbons (Fsp3) is 0.348. The molecule has 2 aliphatic rings. The summed E-state index contributed by atoms with van der Waals surface area (Å²) in [4.78, 5) is 28.3. The predicted octanol–water partition coefficient (Wildman–Crippen LogP) is 2.68. The number of aromatic nitrogens is 3. The van der Waals surface area contributed by atoms with Crippen molar-refractivity contribution in [2.75, 3.05) is 19.9 Å². The molecule has 8 heteroatoms. The molecule has 31 heavy (non-hydrogen) atoms. The summed E-state index contributed by atoms with van der Waals surface area (Å²) in [7, 11) is 0. The number of hydrogen-bond acceptors (Lipinski definition) is 5. The summed E-state index contributed by atoms with van der Waals surface area (Å²) in [6.07, 6.45) is 5.20. The number of benzene rings is 1. The molecule has 8 nitrogen and oxygen atoms in total. The Morgan fingerprint density at radius 3 is 2.74 bits per heavy atom. The number of aromatic amines is 1. The van der Waals surface area contributed by atoms with Crippen LogP contribution < -0.4 is 15.0 Å². The maximum absolute atomic E-state index is 13.2. The second-order valence-corrected chi connectivity index (χ2v) is 8.07. The summed E-state index contributed by atoms with van der Waals surface area (Å²) in [5.74, 6) is 1.56. The Bertz CT molecular complexity index is 1160. The zero-order chi connectivity index (χ0) is 21.4. The van der Waals surface area contributed by atoms with E-state index in [-0.39, 0.29) is 23.8 Å². The summed E-state index contributed by atoms with van der Waals surface area (Å²) in [5.41, 5.74) is 2.71. The van der Waals surface area contributed by atoms with Crippen molar-refractivity contribution in [1.82, 2.24) is 19.7 Å². The second kappa shape index (κ2) is 7.94. The summed E-state index contributed by atoms with van der Waals surface area (Å²) in [6.45, 7) is 3.63. The maximum atomic E-state index is 13.2. The highest BCUT2D eigenvalue weighted by Gasteiger charge is 2.28. The minimum atomic E-state index is -0.265. The van der Waals surface area contributed by atoms with E-state index in [9.17, 15) is 9.59 Å². The van der Waals surface area contributed by atoms with Gasteiger partial charge in [0.1, 0.15) is 5.56 Å². The van der Waals surface area contributed by atoms with Crippen LogP contribution in [0.5, 0.6) is 11.5 Å². The van der Waals surface area contributed by atoms with E-state index < -0.39 is 0 Å². The molecule has 0 bridgehead atoms. The molecule has 5 rings (SSSR count). The van der Waals surface area contributed by atoms with E-state index in [2.05, 4.69) is 10.2 Å². The molecule has 1 N–H and O–H groups in total. The number of likely N-dealkylation sites (tertiary alicyclic amines) is 1. The monoisotopic (exact) mass is 420 g/mol. The normalized spacial score (nSPS) is 16.0. The Morgan fingerprint density at radius 1 is 1.16 bits per heavy atom. The van der Waals surface area contributed by atoms with Gasteiger partial charge in [0, 0.05) is 37.1 Å². The number of carbonyl (C=O) groups excluding carboxylic acids is 1. The molecule has 4 heterocycles. The average molecular weight is 420 g/mol. The van der Waals surface area contributed by atoms with Crippen molar-refractivity contribution in [1.29, 1.82) is 0 Å². The SMILES string of the molecule is Cc1ccn(Cc2ccc3c(c2)OCO3)c(=O)c1C(=O)N1CCC(c2ccn[nH]2)CC1. The number of ether oxygens (including phenoxy) is 2. The first-order valence-electron chi connectivity index (χ1n) is 10.5. The minimum absolute atomic E-state index is 0.189. The van der Waals surface area contributed by atoms with E-state index in [4.69, 9.17) is 9.47 Å². The number of nitrogens with zero attached hydrogens (tertiary/aromatic N) is 3. The van der Waals surface area contributed by atoms with Crippen LogP contribution in [0, 0.1) is 6.92 Å². The highest BCUT2D eigenvalue weighted by Crippen LogP contribution is 2.32. The third-order valence-electron chi connectivity index (χ3n) is 6.12. The van der Waals surface area contributed by atoms with Crippen LogP contribution in [0.25, 0.3) is 0 Å². The average Bonchev–Trinajstić information content (AvgIpc) is 3.47. The smallest absolute Gasteiger partial charge is 0.263 e. The number of H-pyrrole nitrogens is 1. The van der Waals surface area contributed by atoms with Crippen molar-refractivity contribution in [3.05, 3.63) is 75.5 Å². The minimum Gasteiger partial charge on any atom is -0.454 e. The number of fused-ring (bicyclic) bond motifs is 1. The fourth-order valence-electron chi connectivity index (χ4n) is 4.33. The number of nitrogens with one attached hydrogen (secondary N) is 1. The van der Waals surface area contributed by atoms with Crippen LogP contribution in [0.15, 0.2) is 47.5 Å². The van der Waals surface area contributed by atoms with Crippen LogP contribution in [0.4, 0.5) is 0 Å². The molecule has 0 unspecified atom stereocenters. The van der Waals surface area contributed by atoms with Gasteiger partial charge >= 0.3 is 0 Å². The number of pyridine rings is 1. The lowest BCUT2D eigenvalue weighted by Crippen LogP contribution is -2.41. The topological polar surface area (TPSA) is 89.4 Å². The van der Waals surface area contributed by atoms with Gasteiger partial charge in [0.05, 0.1) is 6.54 Å². The van der Waals surface area contributed by atoms with Gasteiger partial charge in [0.15, 0.2) is 11.5 Å². The third kappa shape index (κ3) is 3.69. The summed E-state index contributed by atoms with van der Waals surface area (Å²) in [6, 6.07) is 9.43. The lowest BCUT2D eigenvalue weighted by atomic mass is 9.93. The van der Waals surface area contributed by atoms with E-state index in [0.717, 1.165) is 24.1 Å². The summed E-state index contributed by atoms with van der Waals surface area (Å²) < 4.78 is 12.4. The van der Waals surface area contributed by atoms with Crippen LogP contribution in [0.2, 0.25) is 0 Å². The van der Waals surface area contributed by atoms with Crippen LogP contribution in [-0.4, -0.2) is 45.5 Å². The molecule has 3 aromatic rings. The van der Waals surface area contributed by atoms with E-state index in [1.165, 1.54) is 0 Å².